The van der Waals surface area contributed by atoms with Crippen LogP contribution in [0.4, 0.5) is 0 Å². The first kappa shape index (κ1) is 33.6. The molecule has 4 aliphatic heterocycles. The van der Waals surface area contributed by atoms with Crippen molar-refractivity contribution in [3.05, 3.63) is 90.7 Å². The zero-order valence-corrected chi connectivity index (χ0v) is 32.2. The van der Waals surface area contributed by atoms with Gasteiger partial charge in [-0.1, -0.05) is 0 Å². The fourth-order valence-electron chi connectivity index (χ4n) is 7.14. The molecule has 47 heavy (non-hydrogen) atoms. The van der Waals surface area contributed by atoms with Crippen LogP contribution in [-0.2, 0) is 31.9 Å². The molecule has 0 aromatic carbocycles. The van der Waals surface area contributed by atoms with Crippen LogP contribution >= 0.6 is 17.8 Å². The fraction of sp³-hybridized carbons (Fsp3) is 0.333. The zero-order valence-electron chi connectivity index (χ0n) is 27.8. The Labute approximate surface area is 286 Å². The van der Waals surface area contributed by atoms with Crippen LogP contribution in [-0.4, -0.2) is 59.8 Å². The average molecular weight is 780 g/mol. The van der Waals surface area contributed by atoms with Gasteiger partial charge in [0.1, 0.15) is 0 Å². The minimum atomic E-state index is -4.78. The molecule has 4 aliphatic rings. The molecule has 11 heteroatoms. The van der Waals surface area contributed by atoms with Gasteiger partial charge < -0.3 is 0 Å². The third-order valence-electron chi connectivity index (χ3n) is 9.75. The van der Waals surface area contributed by atoms with Crippen LogP contribution < -0.4 is 10.7 Å². The van der Waals surface area contributed by atoms with Crippen molar-refractivity contribution in [2.24, 2.45) is 9.98 Å². The number of aliphatic imine (C=N–C) groups is 2. The Morgan fingerprint density at radius 1 is 0.809 bits per heavy atom. The summed E-state index contributed by atoms with van der Waals surface area (Å²) in [4.78, 5) is 35.1. The number of halogens is 2. The first-order valence-electron chi connectivity index (χ1n) is 15.7. The molecule has 8 nitrogen and oxygen atoms in total. The molecular formula is C36H38Cl2N4O4Sn. The third-order valence-corrected chi connectivity index (χ3v) is 20.1. The number of carbonyl (C=O) groups excluding carboxylic acids is 2. The van der Waals surface area contributed by atoms with Gasteiger partial charge in [0.25, 0.3) is 0 Å². The van der Waals surface area contributed by atoms with E-state index in [0.29, 0.717) is 12.8 Å². The summed E-state index contributed by atoms with van der Waals surface area (Å²) in [5, 5.41) is 1.85. The van der Waals surface area contributed by atoms with Gasteiger partial charge in [0.05, 0.1) is 0 Å². The Morgan fingerprint density at radius 2 is 1.40 bits per heavy atom. The molecule has 0 fully saturated rings. The van der Waals surface area contributed by atoms with Gasteiger partial charge in [0.2, 0.25) is 0 Å². The summed E-state index contributed by atoms with van der Waals surface area (Å²) in [5.74, 6) is -0.597. The minimum absolute atomic E-state index is 0.180. The van der Waals surface area contributed by atoms with Crippen molar-refractivity contribution in [3.63, 3.8) is 0 Å². The third kappa shape index (κ3) is 5.36. The molecule has 0 spiro atoms. The average Bonchev–Trinajstić information content (AvgIpc) is 3.68. The predicted octanol–water partition coefficient (Wildman–Crippen LogP) is 5.84. The zero-order chi connectivity index (χ0) is 33.9. The predicted molar refractivity (Wildman–Crippen MR) is 192 cm³/mol. The molecule has 0 saturated carbocycles. The molecule has 6 bridgehead atoms. The van der Waals surface area contributed by atoms with E-state index >= 15 is 0 Å². The van der Waals surface area contributed by atoms with Crippen LogP contribution in [0.2, 0.25) is 0 Å². The summed E-state index contributed by atoms with van der Waals surface area (Å²) in [6, 6.07) is 0. The van der Waals surface area contributed by atoms with Crippen molar-refractivity contribution >= 4 is 82.2 Å². The Kier molecular flexibility index (Phi) is 8.99. The van der Waals surface area contributed by atoms with Crippen molar-refractivity contribution in [1.29, 1.82) is 0 Å². The van der Waals surface area contributed by atoms with Gasteiger partial charge in [-0.15, -0.1) is 0 Å². The van der Waals surface area contributed by atoms with Gasteiger partial charge in [0, 0.05) is 0 Å². The van der Waals surface area contributed by atoms with Crippen LogP contribution in [0.1, 0.15) is 73.7 Å². The van der Waals surface area contributed by atoms with Crippen LogP contribution in [0.25, 0.3) is 24.3 Å². The molecule has 0 saturated heterocycles. The maximum absolute atomic E-state index is 12.5. The topological polar surface area (TPSA) is 87.2 Å². The second kappa shape index (κ2) is 12.6. The number of methoxy groups -OCH3 is 2. The van der Waals surface area contributed by atoms with Crippen molar-refractivity contribution in [2.75, 3.05) is 14.2 Å². The van der Waals surface area contributed by atoms with E-state index in [2.05, 4.69) is 51.2 Å². The van der Waals surface area contributed by atoms with Gasteiger partial charge in [-0.25, -0.2) is 0 Å². The van der Waals surface area contributed by atoms with E-state index in [4.69, 9.17) is 37.3 Å². The van der Waals surface area contributed by atoms with Gasteiger partial charge in [-0.05, 0) is 0 Å². The molecule has 6 heterocycles. The van der Waals surface area contributed by atoms with E-state index in [1.165, 1.54) is 14.2 Å². The molecule has 0 radical (unpaired) electrons. The molecule has 0 N–H and O–H groups in total. The maximum atomic E-state index is 12.5. The van der Waals surface area contributed by atoms with Crippen LogP contribution in [0, 0.1) is 13.8 Å². The van der Waals surface area contributed by atoms with Crippen molar-refractivity contribution in [3.8, 4) is 0 Å². The van der Waals surface area contributed by atoms with Crippen molar-refractivity contribution < 1.29 is 19.1 Å². The number of hydrogen-bond acceptors (Lipinski definition) is 6. The monoisotopic (exact) mass is 780 g/mol. The molecule has 6 rings (SSSR count). The van der Waals surface area contributed by atoms with Crippen molar-refractivity contribution in [2.45, 2.75) is 66.7 Å². The molecular weight excluding hydrogens is 742 g/mol. The number of nitrogens with zero attached hydrogens (tertiary/aromatic N) is 4. The summed E-state index contributed by atoms with van der Waals surface area (Å²) in [5.41, 5.74) is 12.8. The van der Waals surface area contributed by atoms with Crippen LogP contribution in [0.15, 0.2) is 56.3 Å². The number of esters is 2. The number of allylic oxidation sites excluding steroid dienone is 4. The van der Waals surface area contributed by atoms with E-state index in [1.54, 1.807) is 0 Å². The molecule has 0 amide bonds. The SMILES string of the molecule is C=CC1=C(C)C2=NC1=Cc1c(C)c(CCC(=O)OC)c3[n]1[Sn]([Cl])([Cl])[n]1c(c(C)c(CC)c1=C2)=CC1=NC(=C3)C(CCC(=O)OC)=C1C. The van der Waals surface area contributed by atoms with Crippen molar-refractivity contribution in [1.82, 2.24) is 5.58 Å². The molecule has 0 aliphatic carbocycles. The van der Waals surface area contributed by atoms with E-state index in [1.807, 2.05) is 26.0 Å². The first-order valence-corrected chi connectivity index (χ1v) is 25.5. The second-order valence-corrected chi connectivity index (χ2v) is 26.0. The fourth-order valence-corrected chi connectivity index (χ4v) is 18.4. The Bertz CT molecular complexity index is 2120. The van der Waals surface area contributed by atoms with E-state index in [0.717, 1.165) is 95.9 Å². The molecule has 2 aromatic rings. The summed E-state index contributed by atoms with van der Waals surface area (Å²) in [6.45, 7) is 14.5. The summed E-state index contributed by atoms with van der Waals surface area (Å²) < 4.78 is 14.3. The molecule has 2 aromatic heterocycles. The number of hydrogen-bond donors (Lipinski definition) is 0. The number of fused-ring (bicyclic) bond motifs is 2. The summed E-state index contributed by atoms with van der Waals surface area (Å²) >= 11 is -4.78. The van der Waals surface area contributed by atoms with Gasteiger partial charge >= 0.3 is 288 Å². The van der Waals surface area contributed by atoms with E-state index < -0.39 is 16.7 Å². The summed E-state index contributed by atoms with van der Waals surface area (Å²) in [7, 11) is 18.7. The second-order valence-electron chi connectivity index (χ2n) is 12.1. The van der Waals surface area contributed by atoms with Gasteiger partial charge in [-0.2, -0.15) is 0 Å². The Balaban J connectivity index is 1.82. The van der Waals surface area contributed by atoms with E-state index in [-0.39, 0.29) is 24.8 Å². The Hall–Kier alpha value is -3.34. The summed E-state index contributed by atoms with van der Waals surface area (Å²) in [6.07, 6.45) is 12.2. The quantitative estimate of drug-likeness (QED) is 0.249. The number of carbonyl (C=O) groups is 2. The number of aromatic nitrogens is 2. The number of rotatable bonds is 8. The van der Waals surface area contributed by atoms with Gasteiger partial charge in [-0.3, -0.25) is 0 Å². The first-order chi connectivity index (χ1) is 22.4. The van der Waals surface area contributed by atoms with Gasteiger partial charge in [0.15, 0.2) is 0 Å². The standard InChI is InChI=1S/C36H38N4O4.2ClH.Sn/c1-9-23-19(3)27-15-28-21(5)25(11-13-35(41)43-7)33(39-28)18-34-26(12-14-36(42)44-8)22(6)30(40-34)17-32-24(10-2)20(4)29(38-32)16-31(23)37-27;;;/h10,15-18H,2,9,11-14H2,1,3-8H3;2*1H;/q-2;;;+4/p-2. The van der Waals surface area contributed by atoms with E-state index in [9.17, 15) is 9.59 Å². The van der Waals surface area contributed by atoms with Crippen LogP contribution in [0.3, 0.4) is 0 Å². The normalized spacial score (nSPS) is 17.3. The Morgan fingerprint density at radius 3 is 2.04 bits per heavy atom. The molecule has 244 valence electrons. The number of ether oxygens (including phenoxy) is 2. The van der Waals surface area contributed by atoms with Crippen LogP contribution in [0.5, 0.6) is 0 Å². The molecule has 0 unspecified atom stereocenters. The molecule has 0 atom stereocenters.